The average molecular weight is 240 g/mol. The van der Waals surface area contributed by atoms with E-state index in [0.717, 1.165) is 0 Å². The lowest BCUT2D eigenvalue weighted by Gasteiger charge is -2.02. The van der Waals surface area contributed by atoms with Crippen LogP contribution in [-0.2, 0) is 0 Å². The monoisotopic (exact) mass is 240 g/mol. The highest BCUT2D eigenvalue weighted by Gasteiger charge is 2.07. The zero-order valence-corrected chi connectivity index (χ0v) is 9.20. The third-order valence-electron chi connectivity index (χ3n) is 2.56. The molecule has 18 heavy (non-hydrogen) atoms. The van der Waals surface area contributed by atoms with Crippen LogP contribution < -0.4 is 5.43 Å². The van der Waals surface area contributed by atoms with E-state index < -0.39 is 0 Å². The quantitative estimate of drug-likeness (QED) is 0.703. The second-order valence-electron chi connectivity index (χ2n) is 3.76. The first-order valence-electron chi connectivity index (χ1n) is 5.27. The number of aromatic hydroxyl groups is 1. The van der Waals surface area contributed by atoms with E-state index in [-0.39, 0.29) is 16.9 Å². The van der Waals surface area contributed by atoms with Crippen molar-refractivity contribution in [1.29, 1.82) is 0 Å². The summed E-state index contributed by atoms with van der Waals surface area (Å²) in [4.78, 5) is 19.6. The van der Waals surface area contributed by atoms with E-state index in [4.69, 9.17) is 4.42 Å². The molecule has 0 bridgehead atoms. The SMILES string of the molecule is O=c1cc(-c2ccc(O)cc2)oc2ncncc12. The van der Waals surface area contributed by atoms with Crippen molar-refractivity contribution in [2.75, 3.05) is 0 Å². The third kappa shape index (κ3) is 1.71. The molecule has 0 radical (unpaired) electrons. The first-order chi connectivity index (χ1) is 8.74. The Balaban J connectivity index is 2.24. The van der Waals surface area contributed by atoms with Gasteiger partial charge in [-0.05, 0) is 24.3 Å². The molecule has 3 rings (SSSR count). The van der Waals surface area contributed by atoms with Crippen LogP contribution in [0.25, 0.3) is 22.4 Å². The van der Waals surface area contributed by atoms with Gasteiger partial charge in [-0.25, -0.2) is 9.97 Å². The molecular formula is C13H8N2O3. The fourth-order valence-electron chi connectivity index (χ4n) is 1.67. The Morgan fingerprint density at radius 1 is 1.17 bits per heavy atom. The van der Waals surface area contributed by atoms with Crippen molar-refractivity contribution < 1.29 is 9.52 Å². The first kappa shape index (κ1) is 10.5. The summed E-state index contributed by atoms with van der Waals surface area (Å²) in [6.07, 6.45) is 2.75. The maximum absolute atomic E-state index is 11.9. The van der Waals surface area contributed by atoms with Gasteiger partial charge in [0.2, 0.25) is 5.71 Å². The van der Waals surface area contributed by atoms with Gasteiger partial charge >= 0.3 is 0 Å². The maximum Gasteiger partial charge on any atom is 0.233 e. The molecule has 0 saturated carbocycles. The van der Waals surface area contributed by atoms with Crippen LogP contribution in [0.15, 0.2) is 52.1 Å². The Hall–Kier alpha value is -2.69. The number of fused-ring (bicyclic) bond motifs is 1. The van der Waals surface area contributed by atoms with Crippen LogP contribution in [0, 0.1) is 0 Å². The van der Waals surface area contributed by atoms with Gasteiger partial charge in [-0.15, -0.1) is 0 Å². The fourth-order valence-corrected chi connectivity index (χ4v) is 1.67. The molecule has 0 unspecified atom stereocenters. The zero-order valence-electron chi connectivity index (χ0n) is 9.20. The van der Waals surface area contributed by atoms with Crippen LogP contribution in [0.4, 0.5) is 0 Å². The molecule has 0 aliphatic heterocycles. The lowest BCUT2D eigenvalue weighted by molar-refractivity contribution is 0.475. The largest absolute Gasteiger partial charge is 0.508 e. The highest BCUT2D eigenvalue weighted by molar-refractivity contribution is 5.74. The van der Waals surface area contributed by atoms with Gasteiger partial charge in [0.15, 0.2) is 5.43 Å². The molecular weight excluding hydrogens is 232 g/mol. The standard InChI is InChI=1S/C13H8N2O3/c16-9-3-1-8(2-4-9)12-5-11(17)10-6-14-7-15-13(10)18-12/h1-7,16H. The van der Waals surface area contributed by atoms with Crippen molar-refractivity contribution in [3.8, 4) is 17.1 Å². The molecule has 1 N–H and O–H groups in total. The maximum atomic E-state index is 11.9. The third-order valence-corrected chi connectivity index (χ3v) is 2.56. The molecule has 0 atom stereocenters. The molecule has 1 aromatic carbocycles. The minimum absolute atomic E-state index is 0.157. The van der Waals surface area contributed by atoms with E-state index in [0.29, 0.717) is 16.7 Å². The predicted octanol–water partition coefficient (Wildman–Crippen LogP) is 1.96. The Kier molecular flexibility index (Phi) is 2.30. The van der Waals surface area contributed by atoms with E-state index in [1.54, 1.807) is 12.1 Å². The molecule has 0 aliphatic carbocycles. The van der Waals surface area contributed by atoms with Gasteiger partial charge < -0.3 is 9.52 Å². The van der Waals surface area contributed by atoms with Crippen LogP contribution >= 0.6 is 0 Å². The molecule has 0 fully saturated rings. The van der Waals surface area contributed by atoms with E-state index >= 15 is 0 Å². The summed E-state index contributed by atoms with van der Waals surface area (Å²) >= 11 is 0. The van der Waals surface area contributed by atoms with E-state index in [2.05, 4.69) is 9.97 Å². The topological polar surface area (TPSA) is 76.2 Å². The van der Waals surface area contributed by atoms with Crippen molar-refractivity contribution >= 4 is 11.1 Å². The molecule has 0 aliphatic rings. The van der Waals surface area contributed by atoms with Gasteiger partial charge in [-0.2, -0.15) is 0 Å². The van der Waals surface area contributed by atoms with E-state index in [1.807, 2.05) is 0 Å². The van der Waals surface area contributed by atoms with E-state index in [1.165, 1.54) is 30.7 Å². The molecule has 0 amide bonds. The summed E-state index contributed by atoms with van der Waals surface area (Å²) in [5, 5.41) is 9.56. The van der Waals surface area contributed by atoms with E-state index in [9.17, 15) is 9.90 Å². The minimum atomic E-state index is -0.195. The summed E-state index contributed by atoms with van der Waals surface area (Å²) in [7, 11) is 0. The van der Waals surface area contributed by atoms with Crippen LogP contribution in [0.1, 0.15) is 0 Å². The number of benzene rings is 1. The van der Waals surface area contributed by atoms with Crippen LogP contribution in [0.3, 0.4) is 0 Å². The summed E-state index contributed by atoms with van der Waals surface area (Å²) < 4.78 is 5.54. The average Bonchev–Trinajstić information content (AvgIpc) is 2.39. The van der Waals surface area contributed by atoms with Crippen molar-refractivity contribution in [3.05, 3.63) is 53.1 Å². The number of phenols is 1. The Bertz CT molecular complexity index is 763. The van der Waals surface area contributed by atoms with Gasteiger partial charge in [0.05, 0.1) is 0 Å². The highest BCUT2D eigenvalue weighted by Crippen LogP contribution is 2.22. The first-order valence-corrected chi connectivity index (χ1v) is 5.27. The molecule has 2 aromatic heterocycles. The normalized spacial score (nSPS) is 10.7. The van der Waals surface area contributed by atoms with Crippen molar-refractivity contribution in [1.82, 2.24) is 9.97 Å². The van der Waals surface area contributed by atoms with Gasteiger partial charge in [-0.3, -0.25) is 4.79 Å². The van der Waals surface area contributed by atoms with Crippen molar-refractivity contribution in [2.24, 2.45) is 0 Å². The second-order valence-corrected chi connectivity index (χ2v) is 3.76. The smallest absolute Gasteiger partial charge is 0.233 e. The molecule has 5 nitrogen and oxygen atoms in total. The Labute approximate surface area is 101 Å². The Morgan fingerprint density at radius 2 is 1.94 bits per heavy atom. The zero-order chi connectivity index (χ0) is 12.5. The molecule has 2 heterocycles. The molecule has 88 valence electrons. The lowest BCUT2D eigenvalue weighted by Crippen LogP contribution is -2.01. The molecule has 0 spiro atoms. The van der Waals surface area contributed by atoms with Gasteiger partial charge in [0, 0.05) is 17.8 Å². The lowest BCUT2D eigenvalue weighted by atomic mass is 10.1. The van der Waals surface area contributed by atoms with Crippen LogP contribution in [-0.4, -0.2) is 15.1 Å². The summed E-state index contributed by atoms with van der Waals surface area (Å²) in [5.74, 6) is 0.565. The fraction of sp³-hybridized carbons (Fsp3) is 0. The van der Waals surface area contributed by atoms with Crippen LogP contribution in [0.2, 0.25) is 0 Å². The number of phenolic OH excluding ortho intramolecular Hbond substituents is 1. The van der Waals surface area contributed by atoms with Crippen molar-refractivity contribution in [3.63, 3.8) is 0 Å². The summed E-state index contributed by atoms with van der Waals surface area (Å²) in [5.41, 5.74) is 0.755. The summed E-state index contributed by atoms with van der Waals surface area (Å²) in [6.45, 7) is 0. The molecule has 3 aromatic rings. The number of aromatic nitrogens is 2. The number of hydrogen-bond donors (Lipinski definition) is 1. The second kappa shape index (κ2) is 3.96. The van der Waals surface area contributed by atoms with Gasteiger partial charge in [0.1, 0.15) is 23.2 Å². The van der Waals surface area contributed by atoms with Crippen LogP contribution in [0.5, 0.6) is 5.75 Å². The predicted molar refractivity (Wildman–Crippen MR) is 65.2 cm³/mol. The number of nitrogens with zero attached hydrogens (tertiary/aromatic N) is 2. The molecule has 5 heteroatoms. The Morgan fingerprint density at radius 3 is 2.72 bits per heavy atom. The summed E-state index contributed by atoms with van der Waals surface area (Å²) in [6, 6.07) is 7.78. The minimum Gasteiger partial charge on any atom is -0.508 e. The highest BCUT2D eigenvalue weighted by atomic mass is 16.3. The number of rotatable bonds is 1. The molecule has 0 saturated heterocycles. The van der Waals surface area contributed by atoms with Gasteiger partial charge in [0.25, 0.3) is 0 Å². The van der Waals surface area contributed by atoms with Crippen molar-refractivity contribution in [2.45, 2.75) is 0 Å². The number of hydrogen-bond acceptors (Lipinski definition) is 5. The van der Waals surface area contributed by atoms with Gasteiger partial charge in [-0.1, -0.05) is 0 Å².